The molecule has 2 aromatic rings. The van der Waals surface area contributed by atoms with E-state index in [-0.39, 0.29) is 17.9 Å². The smallest absolute Gasteiger partial charge is 0.435 e. The normalized spacial score (nSPS) is 14.7. The standard InChI is InChI=1S/C13H10F3NO2S.C4H8O2/c1-2-19-12(18)9-10(13(14,15)16)17-11(20-9)8-6-4-3-5-7-8;1-4-5-2-3-6-4/h3-7H,2H2,1H3;4H,2-3H2,1H3. The highest BCUT2D eigenvalue weighted by Gasteiger charge is 2.40. The predicted octanol–water partition coefficient (Wildman–Crippen LogP) is 4.38. The average molecular weight is 389 g/mol. The molecular weight excluding hydrogens is 371 g/mol. The molecule has 1 aliphatic heterocycles. The van der Waals surface area contributed by atoms with Crippen molar-refractivity contribution in [3.8, 4) is 10.6 Å². The Morgan fingerprint density at radius 3 is 2.35 bits per heavy atom. The van der Waals surface area contributed by atoms with Gasteiger partial charge < -0.3 is 14.2 Å². The lowest BCUT2D eigenvalue weighted by Gasteiger charge is -2.05. The Morgan fingerprint density at radius 1 is 1.27 bits per heavy atom. The molecule has 1 fully saturated rings. The van der Waals surface area contributed by atoms with E-state index in [1.807, 2.05) is 6.92 Å². The van der Waals surface area contributed by atoms with Crippen molar-refractivity contribution in [3.05, 3.63) is 40.9 Å². The maximum Gasteiger partial charge on any atom is 0.435 e. The highest BCUT2D eigenvalue weighted by molar-refractivity contribution is 7.17. The van der Waals surface area contributed by atoms with Gasteiger partial charge in [-0.1, -0.05) is 30.3 Å². The lowest BCUT2D eigenvalue weighted by atomic mass is 10.2. The molecule has 142 valence electrons. The molecule has 1 aliphatic rings. The molecule has 1 aromatic carbocycles. The number of nitrogens with zero attached hydrogens (tertiary/aromatic N) is 1. The zero-order valence-corrected chi connectivity index (χ0v) is 15.0. The average Bonchev–Trinajstić information content (AvgIpc) is 3.25. The van der Waals surface area contributed by atoms with Crippen molar-refractivity contribution >= 4 is 17.3 Å². The number of aromatic nitrogens is 1. The molecule has 0 amide bonds. The summed E-state index contributed by atoms with van der Waals surface area (Å²) in [6.45, 7) is 4.97. The van der Waals surface area contributed by atoms with Crippen LogP contribution in [-0.2, 0) is 20.4 Å². The summed E-state index contributed by atoms with van der Waals surface area (Å²) in [6.07, 6.45) is -4.64. The van der Waals surface area contributed by atoms with Crippen LogP contribution in [0.2, 0.25) is 0 Å². The third-order valence-electron chi connectivity index (χ3n) is 3.17. The first-order valence-electron chi connectivity index (χ1n) is 7.86. The molecule has 1 saturated heterocycles. The van der Waals surface area contributed by atoms with Crippen LogP contribution in [0, 0.1) is 0 Å². The van der Waals surface area contributed by atoms with Crippen LogP contribution < -0.4 is 0 Å². The molecule has 0 spiro atoms. The Balaban J connectivity index is 0.000000342. The Kier molecular flexibility index (Phi) is 7.13. The van der Waals surface area contributed by atoms with Crippen LogP contribution in [-0.4, -0.2) is 37.1 Å². The van der Waals surface area contributed by atoms with Crippen molar-refractivity contribution < 1.29 is 32.2 Å². The largest absolute Gasteiger partial charge is 0.462 e. The van der Waals surface area contributed by atoms with Gasteiger partial charge in [0.15, 0.2) is 12.0 Å². The second-order valence-electron chi connectivity index (χ2n) is 5.09. The number of carbonyl (C=O) groups is 1. The maximum atomic E-state index is 12.9. The van der Waals surface area contributed by atoms with E-state index in [1.54, 1.807) is 30.3 Å². The van der Waals surface area contributed by atoms with Gasteiger partial charge in [-0.15, -0.1) is 11.3 Å². The van der Waals surface area contributed by atoms with Gasteiger partial charge in [-0.3, -0.25) is 0 Å². The van der Waals surface area contributed by atoms with Crippen molar-refractivity contribution in [1.29, 1.82) is 0 Å². The summed E-state index contributed by atoms with van der Waals surface area (Å²) in [4.78, 5) is 14.6. The van der Waals surface area contributed by atoms with Crippen LogP contribution in [0.1, 0.15) is 29.2 Å². The molecule has 3 rings (SSSR count). The first-order valence-corrected chi connectivity index (χ1v) is 8.68. The fourth-order valence-corrected chi connectivity index (χ4v) is 3.01. The van der Waals surface area contributed by atoms with E-state index < -0.39 is 22.7 Å². The van der Waals surface area contributed by atoms with E-state index in [4.69, 9.17) is 9.47 Å². The highest BCUT2D eigenvalue weighted by atomic mass is 32.1. The third kappa shape index (κ3) is 5.52. The summed E-state index contributed by atoms with van der Waals surface area (Å²) < 4.78 is 53.2. The summed E-state index contributed by atoms with van der Waals surface area (Å²) in [5.74, 6) is -1.00. The Bertz CT molecular complexity index is 713. The monoisotopic (exact) mass is 389 g/mol. The minimum absolute atomic E-state index is 0.00863. The SMILES string of the molecule is CC1OCCO1.CCOC(=O)c1sc(-c2ccccc2)nc1C(F)(F)F. The molecule has 0 unspecified atom stereocenters. The summed E-state index contributed by atoms with van der Waals surface area (Å²) >= 11 is 0.682. The predicted molar refractivity (Wildman–Crippen MR) is 89.9 cm³/mol. The maximum absolute atomic E-state index is 12.9. The van der Waals surface area contributed by atoms with Gasteiger partial charge in [0.25, 0.3) is 0 Å². The fraction of sp³-hybridized carbons (Fsp3) is 0.412. The first-order chi connectivity index (χ1) is 12.3. The van der Waals surface area contributed by atoms with Gasteiger partial charge in [-0.25, -0.2) is 9.78 Å². The lowest BCUT2D eigenvalue weighted by Crippen LogP contribution is -2.13. The molecule has 0 aliphatic carbocycles. The third-order valence-corrected chi connectivity index (χ3v) is 4.25. The van der Waals surface area contributed by atoms with Crippen LogP contribution in [0.15, 0.2) is 30.3 Å². The lowest BCUT2D eigenvalue weighted by molar-refractivity contribution is -0.141. The van der Waals surface area contributed by atoms with Crippen LogP contribution in [0.25, 0.3) is 10.6 Å². The van der Waals surface area contributed by atoms with Gasteiger partial charge >= 0.3 is 12.1 Å². The van der Waals surface area contributed by atoms with Gasteiger partial charge in [0.05, 0.1) is 19.8 Å². The number of hydrogen-bond acceptors (Lipinski definition) is 6. The minimum atomic E-state index is -4.69. The van der Waals surface area contributed by atoms with E-state index >= 15 is 0 Å². The molecule has 0 bridgehead atoms. The molecule has 2 heterocycles. The number of hydrogen-bond donors (Lipinski definition) is 0. The van der Waals surface area contributed by atoms with E-state index in [1.165, 1.54) is 6.92 Å². The number of carbonyl (C=O) groups excluding carboxylic acids is 1. The molecule has 0 radical (unpaired) electrons. The second-order valence-corrected chi connectivity index (χ2v) is 6.09. The quantitative estimate of drug-likeness (QED) is 0.729. The number of benzene rings is 1. The zero-order chi connectivity index (χ0) is 19.2. The first kappa shape index (κ1) is 20.3. The molecule has 0 N–H and O–H groups in total. The van der Waals surface area contributed by atoms with E-state index in [9.17, 15) is 18.0 Å². The van der Waals surface area contributed by atoms with Crippen molar-refractivity contribution in [3.63, 3.8) is 0 Å². The number of alkyl halides is 3. The van der Waals surface area contributed by atoms with Gasteiger partial charge in [-0.2, -0.15) is 13.2 Å². The summed E-state index contributed by atoms with van der Waals surface area (Å²) in [6, 6.07) is 8.39. The second kappa shape index (κ2) is 9.11. The van der Waals surface area contributed by atoms with Gasteiger partial charge in [0, 0.05) is 5.56 Å². The molecule has 9 heteroatoms. The number of thiazole rings is 1. The number of halogens is 3. The van der Waals surface area contributed by atoms with Crippen molar-refractivity contribution in [1.82, 2.24) is 4.98 Å². The van der Waals surface area contributed by atoms with Gasteiger partial charge in [-0.05, 0) is 13.8 Å². The highest BCUT2D eigenvalue weighted by Crippen LogP contribution is 2.37. The number of ether oxygens (including phenoxy) is 3. The topological polar surface area (TPSA) is 57.7 Å². The molecule has 0 saturated carbocycles. The van der Waals surface area contributed by atoms with E-state index in [0.717, 1.165) is 13.2 Å². The summed E-state index contributed by atoms with van der Waals surface area (Å²) in [5.41, 5.74) is -0.668. The zero-order valence-electron chi connectivity index (χ0n) is 14.2. The Morgan fingerprint density at radius 2 is 1.88 bits per heavy atom. The summed E-state index contributed by atoms with van der Waals surface area (Å²) in [7, 11) is 0. The fourth-order valence-electron chi connectivity index (χ4n) is 2.03. The molecule has 0 atom stereocenters. The molecular formula is C17H18F3NO4S. The number of rotatable bonds is 3. The van der Waals surface area contributed by atoms with Crippen LogP contribution in [0.5, 0.6) is 0 Å². The van der Waals surface area contributed by atoms with Gasteiger partial charge in [0.2, 0.25) is 0 Å². The van der Waals surface area contributed by atoms with Crippen molar-refractivity contribution in [2.24, 2.45) is 0 Å². The molecule has 26 heavy (non-hydrogen) atoms. The summed E-state index contributed by atoms with van der Waals surface area (Å²) in [5, 5.41) is 0.140. The number of esters is 1. The van der Waals surface area contributed by atoms with Crippen molar-refractivity contribution in [2.75, 3.05) is 19.8 Å². The Hall–Kier alpha value is -1.97. The van der Waals surface area contributed by atoms with Crippen LogP contribution >= 0.6 is 11.3 Å². The van der Waals surface area contributed by atoms with E-state index in [2.05, 4.69) is 9.72 Å². The minimum Gasteiger partial charge on any atom is -0.462 e. The van der Waals surface area contributed by atoms with Gasteiger partial charge in [0.1, 0.15) is 9.88 Å². The Labute approximate surface area is 152 Å². The molecule has 5 nitrogen and oxygen atoms in total. The van der Waals surface area contributed by atoms with Crippen LogP contribution in [0.3, 0.4) is 0 Å². The van der Waals surface area contributed by atoms with E-state index in [0.29, 0.717) is 16.9 Å². The van der Waals surface area contributed by atoms with Crippen LogP contribution in [0.4, 0.5) is 13.2 Å². The molecule has 1 aromatic heterocycles. The van der Waals surface area contributed by atoms with Crippen molar-refractivity contribution in [2.45, 2.75) is 26.3 Å².